The van der Waals surface area contributed by atoms with E-state index in [1.807, 2.05) is 0 Å². The molecule has 3 aromatic carbocycles. The van der Waals surface area contributed by atoms with Crippen LogP contribution < -0.4 is 19.5 Å². The molecule has 0 radical (unpaired) electrons. The van der Waals surface area contributed by atoms with Crippen molar-refractivity contribution in [3.05, 3.63) is 77.9 Å². The number of aliphatic imine (C=N–C) groups is 1. The molecular weight excluding hydrogens is 571 g/mol. The Balaban J connectivity index is 1.37. The molecule has 8 nitrogen and oxygen atoms in total. The minimum atomic E-state index is -4.56. The topological polar surface area (TPSA) is 89.5 Å². The van der Waals surface area contributed by atoms with Gasteiger partial charge in [0.1, 0.15) is 11.0 Å². The number of rotatable bonds is 9. The number of unbranched alkanes of at least 4 members (excludes halogenated alkanes) is 1. The van der Waals surface area contributed by atoms with Crippen molar-refractivity contribution in [2.24, 2.45) is 4.99 Å². The summed E-state index contributed by atoms with van der Waals surface area (Å²) in [7, 11) is 0. The third-order valence-electron chi connectivity index (χ3n) is 6.50. The van der Waals surface area contributed by atoms with E-state index in [-0.39, 0.29) is 30.6 Å². The number of hydrogen-bond acceptors (Lipinski definition) is 7. The fraction of sp³-hybridized carbons (Fsp3) is 0.300. The van der Waals surface area contributed by atoms with Crippen molar-refractivity contribution < 1.29 is 37.0 Å². The number of anilines is 1. The van der Waals surface area contributed by atoms with Gasteiger partial charge in [-0.05, 0) is 66.6 Å². The first kappa shape index (κ1) is 29.3. The minimum Gasteiger partial charge on any atom is -0.494 e. The molecule has 2 aliphatic rings. The summed E-state index contributed by atoms with van der Waals surface area (Å²) in [5.74, 6) is 0.969. The summed E-state index contributed by atoms with van der Waals surface area (Å²) in [5, 5.41) is 2.08. The molecule has 1 saturated heterocycles. The van der Waals surface area contributed by atoms with E-state index in [4.69, 9.17) is 14.2 Å². The average molecular weight is 600 g/mol. The zero-order valence-electron chi connectivity index (χ0n) is 22.6. The van der Waals surface area contributed by atoms with E-state index in [0.29, 0.717) is 35.1 Å². The molecule has 0 spiro atoms. The van der Waals surface area contributed by atoms with E-state index >= 15 is 0 Å². The Kier molecular flexibility index (Phi) is 8.91. The van der Waals surface area contributed by atoms with Gasteiger partial charge >= 0.3 is 6.18 Å². The first-order valence-electron chi connectivity index (χ1n) is 13.3. The molecule has 3 aromatic rings. The number of nitrogens with zero attached hydrogens (tertiary/aromatic N) is 2. The SMILES string of the molecule is CCCCOc1ccc(NC(=O)C2CC(=O)N(Cc3ccc4c(c3)OCO4)C(=Nc3cccc(C(F)(F)F)c3)S2)cc1. The van der Waals surface area contributed by atoms with Crippen LogP contribution in [0.2, 0.25) is 0 Å². The number of thioether (sulfide) groups is 1. The maximum Gasteiger partial charge on any atom is 0.416 e. The highest BCUT2D eigenvalue weighted by Gasteiger charge is 2.37. The summed E-state index contributed by atoms with van der Waals surface area (Å²) in [5.41, 5.74) is 0.370. The fourth-order valence-electron chi connectivity index (χ4n) is 4.27. The number of ether oxygens (including phenoxy) is 3. The van der Waals surface area contributed by atoms with Gasteiger partial charge in [-0.25, -0.2) is 4.99 Å². The van der Waals surface area contributed by atoms with Crippen LogP contribution >= 0.6 is 11.8 Å². The third kappa shape index (κ3) is 7.17. The number of amidine groups is 1. The summed E-state index contributed by atoms with van der Waals surface area (Å²) in [6, 6.07) is 16.7. The van der Waals surface area contributed by atoms with Crippen LogP contribution in [0, 0.1) is 0 Å². The van der Waals surface area contributed by atoms with Crippen molar-refractivity contribution in [2.45, 2.75) is 44.2 Å². The maximum atomic E-state index is 13.4. The van der Waals surface area contributed by atoms with Gasteiger partial charge in [-0.15, -0.1) is 0 Å². The highest BCUT2D eigenvalue weighted by Crippen LogP contribution is 2.36. The number of carbonyl (C=O) groups is 2. The van der Waals surface area contributed by atoms with E-state index in [1.165, 1.54) is 17.0 Å². The summed E-state index contributed by atoms with van der Waals surface area (Å²) in [6.45, 7) is 2.83. The largest absolute Gasteiger partial charge is 0.494 e. The Labute approximate surface area is 244 Å². The molecule has 42 heavy (non-hydrogen) atoms. The van der Waals surface area contributed by atoms with Gasteiger partial charge in [-0.1, -0.05) is 37.2 Å². The van der Waals surface area contributed by atoms with E-state index in [2.05, 4.69) is 17.2 Å². The Hall–Kier alpha value is -4.19. The van der Waals surface area contributed by atoms with Crippen molar-refractivity contribution in [3.63, 3.8) is 0 Å². The molecule has 0 saturated carbocycles. The van der Waals surface area contributed by atoms with Gasteiger partial charge in [0.25, 0.3) is 0 Å². The monoisotopic (exact) mass is 599 g/mol. The Bertz CT molecular complexity index is 1480. The molecule has 5 rings (SSSR count). The van der Waals surface area contributed by atoms with Gasteiger partial charge in [0, 0.05) is 12.1 Å². The lowest BCUT2D eigenvalue weighted by Gasteiger charge is -2.32. The van der Waals surface area contributed by atoms with Crippen LogP contribution in [-0.2, 0) is 22.3 Å². The lowest BCUT2D eigenvalue weighted by atomic mass is 10.1. The van der Waals surface area contributed by atoms with Crippen LogP contribution in [-0.4, -0.2) is 40.5 Å². The third-order valence-corrected chi connectivity index (χ3v) is 7.68. The number of fused-ring (bicyclic) bond motifs is 1. The zero-order valence-corrected chi connectivity index (χ0v) is 23.5. The van der Waals surface area contributed by atoms with Crippen LogP contribution in [0.1, 0.15) is 37.3 Å². The number of nitrogens with one attached hydrogen (secondary N) is 1. The lowest BCUT2D eigenvalue weighted by Crippen LogP contribution is -2.44. The van der Waals surface area contributed by atoms with Crippen molar-refractivity contribution in [3.8, 4) is 17.2 Å². The van der Waals surface area contributed by atoms with E-state index < -0.39 is 28.8 Å². The van der Waals surface area contributed by atoms with Gasteiger partial charge in [0.2, 0.25) is 18.6 Å². The quantitative estimate of drug-likeness (QED) is 0.273. The summed E-state index contributed by atoms with van der Waals surface area (Å²) in [4.78, 5) is 32.4. The Morgan fingerprint density at radius 2 is 1.88 bits per heavy atom. The number of hydrogen-bond donors (Lipinski definition) is 1. The molecule has 0 bridgehead atoms. The van der Waals surface area contributed by atoms with Crippen LogP contribution in [0.15, 0.2) is 71.7 Å². The second-order valence-electron chi connectivity index (χ2n) is 9.64. The first-order valence-corrected chi connectivity index (χ1v) is 14.2. The lowest BCUT2D eigenvalue weighted by molar-refractivity contribution is -0.137. The van der Waals surface area contributed by atoms with Crippen molar-refractivity contribution in [2.75, 3.05) is 18.7 Å². The maximum absolute atomic E-state index is 13.4. The van der Waals surface area contributed by atoms with Gasteiger partial charge < -0.3 is 19.5 Å². The Morgan fingerprint density at radius 1 is 1.10 bits per heavy atom. The van der Waals surface area contributed by atoms with Crippen molar-refractivity contribution in [1.82, 2.24) is 4.90 Å². The molecule has 12 heteroatoms. The average Bonchev–Trinajstić information content (AvgIpc) is 3.43. The van der Waals surface area contributed by atoms with Gasteiger partial charge in [0.05, 0.1) is 24.4 Å². The second kappa shape index (κ2) is 12.8. The second-order valence-corrected chi connectivity index (χ2v) is 10.8. The highest BCUT2D eigenvalue weighted by molar-refractivity contribution is 8.15. The number of halogens is 3. The van der Waals surface area contributed by atoms with Crippen LogP contribution in [0.25, 0.3) is 0 Å². The number of carbonyl (C=O) groups excluding carboxylic acids is 2. The molecule has 220 valence electrons. The smallest absolute Gasteiger partial charge is 0.416 e. The number of alkyl halides is 3. The predicted octanol–water partition coefficient (Wildman–Crippen LogP) is 6.77. The van der Waals surface area contributed by atoms with Gasteiger partial charge in [0.15, 0.2) is 16.7 Å². The standard InChI is InChI=1S/C30H28F3N3O5S/c1-2-3-13-39-23-10-8-21(9-11-23)34-28(38)26-16-27(37)36(17-19-7-12-24-25(14-19)41-18-40-24)29(42-26)35-22-6-4-5-20(15-22)30(31,32)33/h4-12,14-15,26H,2-3,13,16-18H2,1H3,(H,34,38). The number of benzene rings is 3. The predicted molar refractivity (Wildman–Crippen MR) is 153 cm³/mol. The van der Waals surface area contributed by atoms with Crippen molar-refractivity contribution in [1.29, 1.82) is 0 Å². The zero-order chi connectivity index (χ0) is 29.7. The molecular formula is C30H28F3N3O5S. The molecule has 2 aliphatic heterocycles. The van der Waals surface area contributed by atoms with Crippen molar-refractivity contribution >= 4 is 40.1 Å². The molecule has 2 amide bonds. The molecule has 0 aromatic heterocycles. The molecule has 0 aliphatic carbocycles. The Morgan fingerprint density at radius 3 is 2.64 bits per heavy atom. The molecule has 1 N–H and O–H groups in total. The molecule has 1 fully saturated rings. The van der Waals surface area contributed by atoms with Crippen LogP contribution in [0.3, 0.4) is 0 Å². The van der Waals surface area contributed by atoms with Gasteiger partial charge in [-0.3, -0.25) is 14.5 Å². The van der Waals surface area contributed by atoms with Crippen LogP contribution in [0.4, 0.5) is 24.5 Å². The van der Waals surface area contributed by atoms with E-state index in [9.17, 15) is 22.8 Å². The summed E-state index contributed by atoms with van der Waals surface area (Å²) < 4.78 is 56.5. The first-order chi connectivity index (χ1) is 20.2. The summed E-state index contributed by atoms with van der Waals surface area (Å²) >= 11 is 1.02. The van der Waals surface area contributed by atoms with E-state index in [1.54, 1.807) is 42.5 Å². The van der Waals surface area contributed by atoms with Gasteiger partial charge in [-0.2, -0.15) is 13.2 Å². The molecule has 2 heterocycles. The fourth-order valence-corrected chi connectivity index (χ4v) is 5.37. The normalized spacial score (nSPS) is 17.4. The summed E-state index contributed by atoms with van der Waals surface area (Å²) in [6.07, 6.45) is -2.74. The minimum absolute atomic E-state index is 0.00975. The number of amides is 2. The van der Waals surface area contributed by atoms with E-state index in [0.717, 1.165) is 36.7 Å². The van der Waals surface area contributed by atoms with Crippen LogP contribution in [0.5, 0.6) is 17.2 Å². The molecule has 1 atom stereocenters. The highest BCUT2D eigenvalue weighted by atomic mass is 32.2. The molecule has 1 unspecified atom stereocenters.